The van der Waals surface area contributed by atoms with E-state index < -0.39 is 6.10 Å². The fraction of sp³-hybridized carbons (Fsp3) is 0.350. The number of carbonyl (C=O) groups is 1. The molecule has 1 unspecified atom stereocenters. The van der Waals surface area contributed by atoms with Crippen LogP contribution in [0.25, 0.3) is 0 Å². The fourth-order valence-corrected chi connectivity index (χ4v) is 2.89. The van der Waals surface area contributed by atoms with Crippen LogP contribution in [0.5, 0.6) is 5.75 Å². The van der Waals surface area contributed by atoms with Crippen molar-refractivity contribution in [3.8, 4) is 5.75 Å². The van der Waals surface area contributed by atoms with Crippen molar-refractivity contribution < 1.29 is 14.6 Å². The van der Waals surface area contributed by atoms with E-state index in [2.05, 4.69) is 10.6 Å². The van der Waals surface area contributed by atoms with Crippen molar-refractivity contribution in [2.75, 3.05) is 18.5 Å². The lowest BCUT2D eigenvalue weighted by atomic mass is 10.0. The number of aliphatic hydroxyl groups is 1. The number of amides is 2. The van der Waals surface area contributed by atoms with Gasteiger partial charge in [0.1, 0.15) is 18.5 Å². The summed E-state index contributed by atoms with van der Waals surface area (Å²) in [6.45, 7) is 4.20. The topological polar surface area (TPSA) is 70.6 Å². The molecule has 2 aromatic rings. The van der Waals surface area contributed by atoms with Gasteiger partial charge in [-0.15, -0.1) is 0 Å². The van der Waals surface area contributed by atoms with Gasteiger partial charge in [0.15, 0.2) is 0 Å². The number of carbonyl (C=O) groups excluding carboxylic acids is 1. The first-order valence-electron chi connectivity index (χ1n) is 8.76. The van der Waals surface area contributed by atoms with E-state index in [1.54, 1.807) is 0 Å². The van der Waals surface area contributed by atoms with E-state index in [-0.39, 0.29) is 19.2 Å². The largest absolute Gasteiger partial charge is 0.491 e. The van der Waals surface area contributed by atoms with Crippen molar-refractivity contribution in [2.24, 2.45) is 0 Å². The Bertz CT molecular complexity index is 722. The first-order chi connectivity index (χ1) is 12.5. The van der Waals surface area contributed by atoms with Crippen LogP contribution in [0.1, 0.15) is 25.0 Å². The highest BCUT2D eigenvalue weighted by molar-refractivity contribution is 6.31. The van der Waals surface area contributed by atoms with E-state index in [0.29, 0.717) is 10.8 Å². The molecule has 0 bridgehead atoms. The third-order valence-corrected chi connectivity index (χ3v) is 4.35. The molecular formula is C20H25ClN2O3. The second-order valence-electron chi connectivity index (χ2n) is 5.88. The summed E-state index contributed by atoms with van der Waals surface area (Å²) in [6.07, 6.45) is 0.694. The summed E-state index contributed by atoms with van der Waals surface area (Å²) in [5.74, 6) is 0.676. The Kier molecular flexibility index (Phi) is 7.75. The Morgan fingerprint density at radius 2 is 1.88 bits per heavy atom. The van der Waals surface area contributed by atoms with Crippen LogP contribution in [0, 0.1) is 0 Å². The minimum atomic E-state index is -0.809. The number of urea groups is 1. The summed E-state index contributed by atoms with van der Waals surface area (Å²) >= 11 is 6.24. The molecule has 0 saturated carbocycles. The Balaban J connectivity index is 1.88. The van der Waals surface area contributed by atoms with E-state index in [4.69, 9.17) is 16.3 Å². The fourth-order valence-electron chi connectivity index (χ4n) is 2.60. The van der Waals surface area contributed by atoms with Crippen LogP contribution in [0.3, 0.4) is 0 Å². The molecule has 2 rings (SSSR count). The zero-order valence-electron chi connectivity index (χ0n) is 15.1. The van der Waals surface area contributed by atoms with Crippen LogP contribution < -0.4 is 15.4 Å². The third kappa shape index (κ3) is 5.64. The monoisotopic (exact) mass is 376 g/mol. The standard InChI is InChI=1S/C20H25ClN2O3/c1-3-14-10-11-18(21)17(4-2)19(14)23-20(25)22-12-15(24)13-26-16-8-6-5-7-9-16/h5-11,15,24H,3-4,12-13H2,1-2H3,(H2,22,23,25). The lowest BCUT2D eigenvalue weighted by Crippen LogP contribution is -2.38. The van der Waals surface area contributed by atoms with E-state index in [1.165, 1.54) is 0 Å². The number of aryl methyl sites for hydroxylation is 1. The van der Waals surface area contributed by atoms with E-state index in [9.17, 15) is 9.90 Å². The van der Waals surface area contributed by atoms with Crippen LogP contribution in [0.15, 0.2) is 42.5 Å². The molecule has 26 heavy (non-hydrogen) atoms. The number of halogens is 1. The van der Waals surface area contributed by atoms with Gasteiger partial charge in [-0.25, -0.2) is 4.79 Å². The predicted molar refractivity (Wildman–Crippen MR) is 105 cm³/mol. The maximum atomic E-state index is 12.2. The maximum absolute atomic E-state index is 12.2. The molecule has 0 aliphatic rings. The van der Waals surface area contributed by atoms with Gasteiger partial charge in [-0.2, -0.15) is 0 Å². The van der Waals surface area contributed by atoms with Gasteiger partial charge in [0.2, 0.25) is 0 Å². The zero-order valence-corrected chi connectivity index (χ0v) is 15.8. The summed E-state index contributed by atoms with van der Waals surface area (Å²) in [5.41, 5.74) is 2.68. The number of rotatable bonds is 8. The summed E-state index contributed by atoms with van der Waals surface area (Å²) in [7, 11) is 0. The maximum Gasteiger partial charge on any atom is 0.319 e. The minimum Gasteiger partial charge on any atom is -0.491 e. The number of anilines is 1. The third-order valence-electron chi connectivity index (χ3n) is 4.00. The molecule has 3 N–H and O–H groups in total. The van der Waals surface area contributed by atoms with Gasteiger partial charge < -0.3 is 20.5 Å². The van der Waals surface area contributed by atoms with Gasteiger partial charge >= 0.3 is 6.03 Å². The lowest BCUT2D eigenvalue weighted by molar-refractivity contribution is 0.108. The van der Waals surface area contributed by atoms with Crippen molar-refractivity contribution in [3.05, 3.63) is 58.6 Å². The van der Waals surface area contributed by atoms with E-state index in [0.717, 1.165) is 29.7 Å². The Labute approximate surface area is 159 Å². The Morgan fingerprint density at radius 3 is 2.54 bits per heavy atom. The minimum absolute atomic E-state index is 0.0855. The average molecular weight is 377 g/mol. The van der Waals surface area contributed by atoms with Gasteiger partial charge in [0.25, 0.3) is 0 Å². The summed E-state index contributed by atoms with van der Waals surface area (Å²) < 4.78 is 5.47. The van der Waals surface area contributed by atoms with Crippen molar-refractivity contribution in [2.45, 2.75) is 32.8 Å². The molecule has 0 fully saturated rings. The number of hydrogen-bond donors (Lipinski definition) is 3. The SMILES string of the molecule is CCc1ccc(Cl)c(CC)c1NC(=O)NCC(O)COc1ccccc1. The van der Waals surface area contributed by atoms with Crippen molar-refractivity contribution >= 4 is 23.3 Å². The number of ether oxygens (including phenoxy) is 1. The number of hydrogen-bond acceptors (Lipinski definition) is 3. The van der Waals surface area contributed by atoms with Gasteiger partial charge in [0.05, 0.1) is 5.69 Å². The molecule has 140 valence electrons. The smallest absolute Gasteiger partial charge is 0.319 e. The molecule has 2 amide bonds. The summed E-state index contributed by atoms with van der Waals surface area (Å²) in [4.78, 5) is 12.2. The van der Waals surface area contributed by atoms with Crippen molar-refractivity contribution in [1.82, 2.24) is 5.32 Å². The van der Waals surface area contributed by atoms with Gasteiger partial charge in [-0.05, 0) is 42.2 Å². The molecule has 0 aliphatic heterocycles. The Hall–Kier alpha value is -2.24. The molecule has 6 heteroatoms. The molecule has 1 atom stereocenters. The molecule has 0 aromatic heterocycles. The highest BCUT2D eigenvalue weighted by atomic mass is 35.5. The molecule has 0 radical (unpaired) electrons. The Morgan fingerprint density at radius 1 is 1.15 bits per heavy atom. The molecule has 0 heterocycles. The van der Waals surface area contributed by atoms with Crippen LogP contribution >= 0.6 is 11.6 Å². The van der Waals surface area contributed by atoms with Crippen LogP contribution in [-0.2, 0) is 12.8 Å². The number of nitrogens with one attached hydrogen (secondary N) is 2. The number of para-hydroxylation sites is 1. The van der Waals surface area contributed by atoms with Gasteiger partial charge in [0, 0.05) is 11.6 Å². The van der Waals surface area contributed by atoms with Crippen molar-refractivity contribution in [1.29, 1.82) is 0 Å². The van der Waals surface area contributed by atoms with Crippen molar-refractivity contribution in [3.63, 3.8) is 0 Å². The quantitative estimate of drug-likeness (QED) is 0.651. The van der Waals surface area contributed by atoms with Crippen LogP contribution in [0.4, 0.5) is 10.5 Å². The highest BCUT2D eigenvalue weighted by Crippen LogP contribution is 2.29. The second kappa shape index (κ2) is 10.0. The van der Waals surface area contributed by atoms with Gasteiger partial charge in [-0.3, -0.25) is 0 Å². The molecule has 0 aliphatic carbocycles. The number of aliphatic hydroxyl groups excluding tert-OH is 1. The summed E-state index contributed by atoms with van der Waals surface area (Å²) in [5, 5.41) is 16.1. The molecule has 0 spiro atoms. The zero-order chi connectivity index (χ0) is 18.9. The van der Waals surface area contributed by atoms with E-state index in [1.807, 2.05) is 56.3 Å². The average Bonchev–Trinajstić information content (AvgIpc) is 2.66. The normalized spacial score (nSPS) is 11.7. The number of benzene rings is 2. The lowest BCUT2D eigenvalue weighted by Gasteiger charge is -2.17. The van der Waals surface area contributed by atoms with E-state index >= 15 is 0 Å². The van der Waals surface area contributed by atoms with Gasteiger partial charge in [-0.1, -0.05) is 49.7 Å². The van der Waals surface area contributed by atoms with Crippen LogP contribution in [-0.4, -0.2) is 30.4 Å². The molecule has 2 aromatic carbocycles. The molecular weight excluding hydrogens is 352 g/mol. The first-order valence-corrected chi connectivity index (χ1v) is 9.13. The first kappa shape index (κ1) is 20.1. The van der Waals surface area contributed by atoms with Crippen LogP contribution in [0.2, 0.25) is 5.02 Å². The molecule has 5 nitrogen and oxygen atoms in total. The second-order valence-corrected chi connectivity index (χ2v) is 6.29. The highest BCUT2D eigenvalue weighted by Gasteiger charge is 2.14. The molecule has 0 saturated heterocycles. The summed E-state index contributed by atoms with van der Waals surface area (Å²) in [6, 6.07) is 12.6. The predicted octanol–water partition coefficient (Wildman–Crippen LogP) is 4.03.